The molecule has 2 nitrogen and oxygen atoms in total. The van der Waals surface area contributed by atoms with Crippen molar-refractivity contribution in [3.8, 4) is 0 Å². The van der Waals surface area contributed by atoms with Crippen LogP contribution < -0.4 is 5.32 Å². The Bertz CT molecular complexity index is 423. The van der Waals surface area contributed by atoms with Crippen molar-refractivity contribution in [2.45, 2.75) is 19.9 Å². The van der Waals surface area contributed by atoms with Crippen LogP contribution in [0, 0.1) is 6.92 Å². The summed E-state index contributed by atoms with van der Waals surface area (Å²) in [5.41, 5.74) is 2.53. The number of aromatic nitrogens is 1. The third-order valence-corrected chi connectivity index (χ3v) is 3.22. The molecule has 0 unspecified atom stereocenters. The fraction of sp³-hybridized carbons (Fsp3) is 0.308. The molecule has 0 bridgehead atoms. The van der Waals surface area contributed by atoms with E-state index in [2.05, 4.69) is 39.9 Å². The molecule has 1 aromatic carbocycles. The fourth-order valence-corrected chi connectivity index (χ4v) is 2.22. The second-order valence-corrected chi connectivity index (χ2v) is 4.83. The molecule has 16 heavy (non-hydrogen) atoms. The van der Waals surface area contributed by atoms with Crippen LogP contribution in [0.4, 0.5) is 0 Å². The molecule has 0 radical (unpaired) electrons. The Morgan fingerprint density at radius 3 is 2.75 bits per heavy atom. The maximum Gasteiger partial charge on any atom is 0.0897 e. The van der Waals surface area contributed by atoms with Crippen LogP contribution >= 0.6 is 11.3 Å². The molecule has 3 heteroatoms. The van der Waals surface area contributed by atoms with E-state index in [0.29, 0.717) is 0 Å². The molecule has 0 saturated heterocycles. The van der Waals surface area contributed by atoms with Gasteiger partial charge in [0.1, 0.15) is 0 Å². The molecule has 0 fully saturated rings. The van der Waals surface area contributed by atoms with Crippen molar-refractivity contribution in [2.75, 3.05) is 6.54 Å². The zero-order valence-corrected chi connectivity index (χ0v) is 10.3. The molecular weight excluding hydrogens is 216 g/mol. The molecule has 0 amide bonds. The Morgan fingerprint density at radius 2 is 2.06 bits per heavy atom. The SMILES string of the molecule is Cc1nc(CCNCc2ccccc2)cs1. The van der Waals surface area contributed by atoms with Gasteiger partial charge in [0.15, 0.2) is 0 Å². The Morgan fingerprint density at radius 1 is 1.25 bits per heavy atom. The summed E-state index contributed by atoms with van der Waals surface area (Å²) in [6, 6.07) is 10.5. The first-order chi connectivity index (χ1) is 7.84. The number of nitrogens with zero attached hydrogens (tertiary/aromatic N) is 1. The summed E-state index contributed by atoms with van der Waals surface area (Å²) in [5.74, 6) is 0. The lowest BCUT2D eigenvalue weighted by Crippen LogP contribution is -2.16. The van der Waals surface area contributed by atoms with Crippen molar-refractivity contribution >= 4 is 11.3 Å². The van der Waals surface area contributed by atoms with Gasteiger partial charge in [0.2, 0.25) is 0 Å². The lowest BCUT2D eigenvalue weighted by molar-refractivity contribution is 0.681. The van der Waals surface area contributed by atoms with Crippen LogP contribution in [-0.4, -0.2) is 11.5 Å². The Labute approximate surface area is 100 Å². The first-order valence-electron chi connectivity index (χ1n) is 5.50. The fourth-order valence-electron chi connectivity index (χ4n) is 1.57. The average Bonchev–Trinajstić information content (AvgIpc) is 2.72. The third kappa shape index (κ3) is 3.43. The van der Waals surface area contributed by atoms with Crippen molar-refractivity contribution in [1.82, 2.24) is 10.3 Å². The molecule has 0 aliphatic heterocycles. The zero-order chi connectivity index (χ0) is 11.2. The van der Waals surface area contributed by atoms with E-state index in [1.807, 2.05) is 13.0 Å². The summed E-state index contributed by atoms with van der Waals surface area (Å²) >= 11 is 1.72. The third-order valence-electron chi connectivity index (χ3n) is 2.40. The van der Waals surface area contributed by atoms with Crippen LogP contribution in [0.3, 0.4) is 0 Å². The van der Waals surface area contributed by atoms with Crippen LogP contribution in [0.5, 0.6) is 0 Å². The van der Waals surface area contributed by atoms with Gasteiger partial charge in [-0.1, -0.05) is 30.3 Å². The molecule has 2 rings (SSSR count). The Kier molecular flexibility index (Phi) is 4.08. The molecule has 0 aliphatic carbocycles. The molecular formula is C13H16N2S. The number of hydrogen-bond donors (Lipinski definition) is 1. The molecule has 0 atom stereocenters. The number of thiazole rings is 1. The number of hydrogen-bond acceptors (Lipinski definition) is 3. The normalized spacial score (nSPS) is 10.6. The van der Waals surface area contributed by atoms with Gasteiger partial charge in [-0.2, -0.15) is 0 Å². The van der Waals surface area contributed by atoms with E-state index in [-0.39, 0.29) is 0 Å². The molecule has 1 aromatic heterocycles. The highest BCUT2D eigenvalue weighted by atomic mass is 32.1. The van der Waals surface area contributed by atoms with E-state index in [0.717, 1.165) is 24.5 Å². The molecule has 84 valence electrons. The van der Waals surface area contributed by atoms with Gasteiger partial charge in [-0.3, -0.25) is 0 Å². The van der Waals surface area contributed by atoms with Gasteiger partial charge in [-0.05, 0) is 12.5 Å². The monoisotopic (exact) mass is 232 g/mol. The second kappa shape index (κ2) is 5.77. The van der Waals surface area contributed by atoms with Crippen LogP contribution in [0.2, 0.25) is 0 Å². The Balaban J connectivity index is 1.69. The maximum atomic E-state index is 4.43. The molecule has 2 aromatic rings. The topological polar surface area (TPSA) is 24.9 Å². The van der Waals surface area contributed by atoms with Gasteiger partial charge >= 0.3 is 0 Å². The zero-order valence-electron chi connectivity index (χ0n) is 9.44. The minimum Gasteiger partial charge on any atom is -0.312 e. The highest BCUT2D eigenvalue weighted by Gasteiger charge is 1.97. The van der Waals surface area contributed by atoms with Gasteiger partial charge in [-0.15, -0.1) is 11.3 Å². The average molecular weight is 232 g/mol. The van der Waals surface area contributed by atoms with Crippen LogP contribution in [0.1, 0.15) is 16.3 Å². The lowest BCUT2D eigenvalue weighted by Gasteiger charge is -2.03. The predicted octanol–water partition coefficient (Wildman–Crippen LogP) is 2.78. The lowest BCUT2D eigenvalue weighted by atomic mass is 10.2. The van der Waals surface area contributed by atoms with Crippen LogP contribution in [-0.2, 0) is 13.0 Å². The standard InChI is InChI=1S/C13H16N2S/c1-11-15-13(10-16-11)7-8-14-9-12-5-3-2-4-6-12/h2-6,10,14H,7-9H2,1H3. The van der Waals surface area contributed by atoms with Crippen molar-refractivity contribution in [3.05, 3.63) is 52.0 Å². The first kappa shape index (κ1) is 11.3. The number of nitrogens with one attached hydrogen (secondary N) is 1. The van der Waals surface area contributed by atoms with E-state index in [1.54, 1.807) is 11.3 Å². The molecule has 0 aliphatic rings. The van der Waals surface area contributed by atoms with Crippen molar-refractivity contribution in [2.24, 2.45) is 0 Å². The van der Waals surface area contributed by atoms with E-state index >= 15 is 0 Å². The molecule has 0 saturated carbocycles. The highest BCUT2D eigenvalue weighted by molar-refractivity contribution is 7.09. The minimum absolute atomic E-state index is 0.934. The predicted molar refractivity (Wildman–Crippen MR) is 68.7 cm³/mol. The first-order valence-corrected chi connectivity index (χ1v) is 6.38. The van der Waals surface area contributed by atoms with Gasteiger partial charge in [0, 0.05) is 24.9 Å². The second-order valence-electron chi connectivity index (χ2n) is 3.77. The van der Waals surface area contributed by atoms with Gasteiger partial charge in [-0.25, -0.2) is 4.98 Å². The smallest absolute Gasteiger partial charge is 0.0897 e. The van der Waals surface area contributed by atoms with Crippen molar-refractivity contribution < 1.29 is 0 Å². The maximum absolute atomic E-state index is 4.43. The summed E-state index contributed by atoms with van der Waals surface area (Å²) in [5, 5.41) is 6.71. The molecule has 1 N–H and O–H groups in total. The van der Waals surface area contributed by atoms with E-state index in [9.17, 15) is 0 Å². The van der Waals surface area contributed by atoms with Crippen molar-refractivity contribution in [3.63, 3.8) is 0 Å². The van der Waals surface area contributed by atoms with E-state index < -0.39 is 0 Å². The molecule has 0 spiro atoms. The summed E-state index contributed by atoms with van der Waals surface area (Å²) < 4.78 is 0. The van der Waals surface area contributed by atoms with Gasteiger partial charge in [0.05, 0.1) is 10.7 Å². The van der Waals surface area contributed by atoms with Crippen LogP contribution in [0.15, 0.2) is 35.7 Å². The summed E-state index contributed by atoms with van der Waals surface area (Å²) in [6.45, 7) is 3.97. The quantitative estimate of drug-likeness (QED) is 0.802. The van der Waals surface area contributed by atoms with E-state index in [1.165, 1.54) is 11.3 Å². The highest BCUT2D eigenvalue weighted by Crippen LogP contribution is 2.07. The number of aryl methyl sites for hydroxylation is 1. The van der Waals surface area contributed by atoms with E-state index in [4.69, 9.17) is 0 Å². The largest absolute Gasteiger partial charge is 0.312 e. The number of benzene rings is 1. The summed E-state index contributed by atoms with van der Waals surface area (Å²) in [6.07, 6.45) is 1.01. The van der Waals surface area contributed by atoms with Gasteiger partial charge in [0.25, 0.3) is 0 Å². The summed E-state index contributed by atoms with van der Waals surface area (Å²) in [7, 11) is 0. The number of rotatable bonds is 5. The minimum atomic E-state index is 0.934. The molecule has 1 heterocycles. The van der Waals surface area contributed by atoms with Crippen LogP contribution in [0.25, 0.3) is 0 Å². The van der Waals surface area contributed by atoms with Gasteiger partial charge < -0.3 is 5.32 Å². The Hall–Kier alpha value is -1.19. The van der Waals surface area contributed by atoms with Crippen molar-refractivity contribution in [1.29, 1.82) is 0 Å². The summed E-state index contributed by atoms with van der Waals surface area (Å²) in [4.78, 5) is 4.43.